The summed E-state index contributed by atoms with van der Waals surface area (Å²) in [6.07, 6.45) is 2.72. The summed E-state index contributed by atoms with van der Waals surface area (Å²) < 4.78 is 0. The Bertz CT molecular complexity index is 667. The molecule has 0 bridgehead atoms. The first kappa shape index (κ1) is 24.4. The summed E-state index contributed by atoms with van der Waals surface area (Å²) in [6.45, 7) is 10.1. The molecule has 2 rings (SSSR count). The van der Waals surface area contributed by atoms with Crippen LogP contribution in [0.5, 0.6) is 0 Å². The minimum Gasteiger partial charge on any atom is -0.396 e. The second-order valence-electron chi connectivity index (χ2n) is 8.96. The zero-order valence-electron chi connectivity index (χ0n) is 18.8. The van der Waals surface area contributed by atoms with Gasteiger partial charge in [-0.1, -0.05) is 44.2 Å². The molecule has 1 aromatic carbocycles. The van der Waals surface area contributed by atoms with Crippen LogP contribution in [0, 0.1) is 17.3 Å². The first-order valence-corrected chi connectivity index (χ1v) is 11.3. The number of aliphatic hydroxyl groups excluding tert-OH is 1. The van der Waals surface area contributed by atoms with Crippen LogP contribution in [0.15, 0.2) is 30.3 Å². The second kappa shape index (κ2) is 12.1. The normalized spacial score (nSPS) is 23.0. The first-order valence-electron chi connectivity index (χ1n) is 11.3. The molecule has 30 heavy (non-hydrogen) atoms. The maximum atomic E-state index is 13.0. The Morgan fingerprint density at radius 2 is 2.00 bits per heavy atom. The number of rotatable bonds is 11. The maximum Gasteiger partial charge on any atom is 0.224 e. The third-order valence-corrected chi connectivity index (χ3v) is 6.51. The Kier molecular flexibility index (Phi) is 9.79. The zero-order chi connectivity index (χ0) is 22.0. The highest BCUT2D eigenvalue weighted by Crippen LogP contribution is 2.35. The molecule has 0 aliphatic carbocycles. The van der Waals surface area contributed by atoms with Crippen molar-refractivity contribution < 1.29 is 14.7 Å². The van der Waals surface area contributed by atoms with Gasteiger partial charge in [-0.25, -0.2) is 0 Å². The standard InChI is InChI=1S/C24H39N3O3/c1-4-25-22(29)11-8-13-26-23(30)21(15-20-9-6-5-7-10-20)17-27-14-12-24(3,18-28)19(2)16-27/h5-7,9-10,19,21,28H,4,8,11-18H2,1-3H3,(H,25,29)(H,26,30). The number of carbonyl (C=O) groups is 2. The second-order valence-corrected chi connectivity index (χ2v) is 8.96. The summed E-state index contributed by atoms with van der Waals surface area (Å²) in [5, 5.41) is 15.6. The van der Waals surface area contributed by atoms with Crippen molar-refractivity contribution in [1.82, 2.24) is 15.5 Å². The number of hydrogen-bond acceptors (Lipinski definition) is 4. The quantitative estimate of drug-likeness (QED) is 0.482. The van der Waals surface area contributed by atoms with Gasteiger partial charge in [0.25, 0.3) is 0 Å². The molecule has 1 aromatic rings. The molecule has 0 saturated carbocycles. The minimum atomic E-state index is -0.137. The smallest absolute Gasteiger partial charge is 0.224 e. The number of amides is 2. The van der Waals surface area contributed by atoms with Gasteiger partial charge in [-0.15, -0.1) is 0 Å². The van der Waals surface area contributed by atoms with Crippen LogP contribution < -0.4 is 10.6 Å². The number of likely N-dealkylation sites (tertiary alicyclic amines) is 1. The number of hydrogen-bond donors (Lipinski definition) is 3. The van der Waals surface area contributed by atoms with E-state index in [9.17, 15) is 14.7 Å². The fraction of sp³-hybridized carbons (Fsp3) is 0.667. The topological polar surface area (TPSA) is 81.7 Å². The number of nitrogens with one attached hydrogen (secondary N) is 2. The Hall–Kier alpha value is -1.92. The number of piperidine rings is 1. The van der Waals surface area contributed by atoms with Crippen molar-refractivity contribution in [2.75, 3.05) is 39.3 Å². The van der Waals surface area contributed by atoms with E-state index in [1.807, 2.05) is 25.1 Å². The molecule has 0 spiro atoms. The van der Waals surface area contributed by atoms with Gasteiger partial charge in [0.15, 0.2) is 0 Å². The monoisotopic (exact) mass is 417 g/mol. The molecule has 1 heterocycles. The van der Waals surface area contributed by atoms with Crippen LogP contribution in [0.25, 0.3) is 0 Å². The molecule has 3 N–H and O–H groups in total. The molecule has 1 saturated heterocycles. The van der Waals surface area contributed by atoms with Gasteiger partial charge in [0.1, 0.15) is 0 Å². The van der Waals surface area contributed by atoms with Crippen LogP contribution in [0.3, 0.4) is 0 Å². The van der Waals surface area contributed by atoms with Gasteiger partial charge < -0.3 is 20.6 Å². The summed E-state index contributed by atoms with van der Waals surface area (Å²) in [6, 6.07) is 10.1. The van der Waals surface area contributed by atoms with Gasteiger partial charge in [-0.05, 0) is 49.6 Å². The van der Waals surface area contributed by atoms with Gasteiger partial charge in [0, 0.05) is 39.2 Å². The van der Waals surface area contributed by atoms with Crippen LogP contribution in [0.2, 0.25) is 0 Å². The van der Waals surface area contributed by atoms with Gasteiger partial charge in [-0.3, -0.25) is 9.59 Å². The summed E-state index contributed by atoms with van der Waals surface area (Å²) in [4.78, 5) is 26.9. The molecule has 3 unspecified atom stereocenters. The zero-order valence-corrected chi connectivity index (χ0v) is 18.8. The summed E-state index contributed by atoms with van der Waals surface area (Å²) in [5.41, 5.74) is 1.12. The molecule has 2 amide bonds. The molecule has 0 aromatic heterocycles. The van der Waals surface area contributed by atoms with Crippen LogP contribution in [0.4, 0.5) is 0 Å². The number of benzene rings is 1. The van der Waals surface area contributed by atoms with E-state index in [1.54, 1.807) is 0 Å². The van der Waals surface area contributed by atoms with E-state index in [0.717, 1.165) is 25.1 Å². The number of nitrogens with zero attached hydrogens (tertiary/aromatic N) is 1. The third kappa shape index (κ3) is 7.40. The highest BCUT2D eigenvalue weighted by atomic mass is 16.3. The van der Waals surface area contributed by atoms with Crippen molar-refractivity contribution in [1.29, 1.82) is 0 Å². The van der Waals surface area contributed by atoms with Crippen molar-refractivity contribution in [3.63, 3.8) is 0 Å². The third-order valence-electron chi connectivity index (χ3n) is 6.51. The van der Waals surface area contributed by atoms with Crippen molar-refractivity contribution in [3.8, 4) is 0 Å². The van der Waals surface area contributed by atoms with Crippen LogP contribution in [-0.4, -0.2) is 61.2 Å². The minimum absolute atomic E-state index is 0.0295. The highest BCUT2D eigenvalue weighted by Gasteiger charge is 2.37. The number of carbonyl (C=O) groups excluding carboxylic acids is 2. The van der Waals surface area contributed by atoms with Gasteiger partial charge in [0.05, 0.1) is 5.92 Å². The molecular formula is C24H39N3O3. The van der Waals surface area contributed by atoms with Crippen molar-refractivity contribution >= 4 is 11.8 Å². The highest BCUT2D eigenvalue weighted by molar-refractivity contribution is 5.79. The Balaban J connectivity index is 1.93. The molecule has 6 heteroatoms. The van der Waals surface area contributed by atoms with E-state index in [-0.39, 0.29) is 29.8 Å². The van der Waals surface area contributed by atoms with Crippen molar-refractivity contribution in [2.45, 2.75) is 46.5 Å². The van der Waals surface area contributed by atoms with E-state index in [4.69, 9.17) is 0 Å². The number of aliphatic hydroxyl groups is 1. The summed E-state index contributed by atoms with van der Waals surface area (Å²) in [7, 11) is 0. The molecule has 3 atom stereocenters. The lowest BCUT2D eigenvalue weighted by atomic mass is 9.73. The maximum absolute atomic E-state index is 13.0. The Morgan fingerprint density at radius 3 is 2.63 bits per heavy atom. The SMILES string of the molecule is CCNC(=O)CCCNC(=O)C(Cc1ccccc1)CN1CCC(C)(CO)C(C)C1. The predicted octanol–water partition coefficient (Wildman–Crippen LogP) is 2.22. The van der Waals surface area contributed by atoms with Gasteiger partial charge in [0.2, 0.25) is 11.8 Å². The molecule has 1 aliphatic rings. The largest absolute Gasteiger partial charge is 0.396 e. The van der Waals surface area contributed by atoms with Crippen LogP contribution in [0.1, 0.15) is 45.6 Å². The Labute approximate surface area is 181 Å². The van der Waals surface area contributed by atoms with E-state index < -0.39 is 0 Å². The van der Waals surface area contributed by atoms with E-state index in [0.29, 0.717) is 44.8 Å². The predicted molar refractivity (Wildman–Crippen MR) is 120 cm³/mol. The lowest BCUT2D eigenvalue weighted by Crippen LogP contribution is -2.49. The molecule has 1 aliphatic heterocycles. The lowest BCUT2D eigenvalue weighted by Gasteiger charge is -2.44. The summed E-state index contributed by atoms with van der Waals surface area (Å²) in [5.74, 6) is 0.330. The van der Waals surface area contributed by atoms with Gasteiger partial charge >= 0.3 is 0 Å². The molecular weight excluding hydrogens is 378 g/mol. The fourth-order valence-electron chi connectivity index (χ4n) is 4.10. The van der Waals surface area contributed by atoms with Crippen LogP contribution in [-0.2, 0) is 16.0 Å². The molecule has 6 nitrogen and oxygen atoms in total. The average Bonchev–Trinajstić information content (AvgIpc) is 2.74. The van der Waals surface area contributed by atoms with Crippen LogP contribution >= 0.6 is 0 Å². The van der Waals surface area contributed by atoms with E-state index in [2.05, 4.69) is 41.5 Å². The molecule has 0 radical (unpaired) electrons. The Morgan fingerprint density at radius 1 is 1.27 bits per heavy atom. The fourth-order valence-corrected chi connectivity index (χ4v) is 4.10. The van der Waals surface area contributed by atoms with E-state index in [1.165, 1.54) is 0 Å². The molecule has 1 fully saturated rings. The van der Waals surface area contributed by atoms with E-state index >= 15 is 0 Å². The average molecular weight is 418 g/mol. The lowest BCUT2D eigenvalue weighted by molar-refractivity contribution is -0.126. The first-order chi connectivity index (χ1) is 14.4. The summed E-state index contributed by atoms with van der Waals surface area (Å²) >= 11 is 0. The van der Waals surface area contributed by atoms with Gasteiger partial charge in [-0.2, -0.15) is 0 Å². The van der Waals surface area contributed by atoms with Crippen molar-refractivity contribution in [3.05, 3.63) is 35.9 Å². The molecule has 168 valence electrons. The van der Waals surface area contributed by atoms with Crippen molar-refractivity contribution in [2.24, 2.45) is 17.3 Å².